The maximum Gasteiger partial charge on any atom is 0.234 e. The minimum atomic E-state index is -0.357. The molecule has 0 saturated heterocycles. The van der Waals surface area contributed by atoms with Crippen LogP contribution in [0.15, 0.2) is 60.3 Å². The monoisotopic (exact) mass is 412 g/mol. The van der Waals surface area contributed by atoms with E-state index in [4.69, 9.17) is 4.74 Å². The third-order valence-electron chi connectivity index (χ3n) is 4.14. The van der Waals surface area contributed by atoms with Gasteiger partial charge >= 0.3 is 0 Å². The number of nitrogens with zero attached hydrogens (tertiary/aromatic N) is 3. The van der Waals surface area contributed by atoms with E-state index in [2.05, 4.69) is 22.1 Å². The molecule has 0 bridgehead atoms. The summed E-state index contributed by atoms with van der Waals surface area (Å²) in [5.74, 6) is 0.878. The Morgan fingerprint density at radius 2 is 2.14 bits per heavy atom. The van der Waals surface area contributed by atoms with Crippen molar-refractivity contribution in [1.82, 2.24) is 14.8 Å². The molecule has 0 spiro atoms. The Morgan fingerprint density at radius 1 is 1.31 bits per heavy atom. The Morgan fingerprint density at radius 3 is 2.86 bits per heavy atom. The zero-order chi connectivity index (χ0) is 20.8. The SMILES string of the molecule is C=CCn1c(SCC(=O)Nc2ccc(C)c(F)c2)nnc1-c1cccc(OC)c1. The largest absolute Gasteiger partial charge is 0.497 e. The molecule has 3 aromatic rings. The molecule has 2 aromatic carbocycles. The molecule has 0 aliphatic heterocycles. The lowest BCUT2D eigenvalue weighted by molar-refractivity contribution is -0.113. The second kappa shape index (κ2) is 9.38. The molecule has 0 radical (unpaired) electrons. The van der Waals surface area contributed by atoms with Crippen LogP contribution in [0.1, 0.15) is 5.56 Å². The predicted octanol–water partition coefficient (Wildman–Crippen LogP) is 4.32. The van der Waals surface area contributed by atoms with Crippen LogP contribution >= 0.6 is 11.8 Å². The molecule has 0 unspecified atom stereocenters. The second-order valence-electron chi connectivity index (χ2n) is 6.24. The number of methoxy groups -OCH3 is 1. The summed E-state index contributed by atoms with van der Waals surface area (Å²) in [6, 6.07) is 12.1. The number of aromatic nitrogens is 3. The van der Waals surface area contributed by atoms with Crippen LogP contribution in [0.25, 0.3) is 11.4 Å². The summed E-state index contributed by atoms with van der Waals surface area (Å²) in [4.78, 5) is 12.3. The van der Waals surface area contributed by atoms with Crippen LogP contribution < -0.4 is 10.1 Å². The number of amides is 1. The van der Waals surface area contributed by atoms with E-state index in [0.29, 0.717) is 28.8 Å². The van der Waals surface area contributed by atoms with Crippen molar-refractivity contribution in [2.45, 2.75) is 18.6 Å². The molecule has 8 heteroatoms. The van der Waals surface area contributed by atoms with Gasteiger partial charge in [0.25, 0.3) is 0 Å². The highest BCUT2D eigenvalue weighted by Gasteiger charge is 2.15. The number of thioether (sulfide) groups is 1. The zero-order valence-corrected chi connectivity index (χ0v) is 17.0. The molecule has 0 saturated carbocycles. The molecule has 0 aliphatic carbocycles. The van der Waals surface area contributed by atoms with Crippen molar-refractivity contribution in [3.8, 4) is 17.1 Å². The van der Waals surface area contributed by atoms with E-state index in [-0.39, 0.29) is 17.5 Å². The zero-order valence-electron chi connectivity index (χ0n) is 16.2. The first-order valence-corrected chi connectivity index (χ1v) is 9.87. The molecule has 1 aromatic heterocycles. The number of aryl methyl sites for hydroxylation is 1. The van der Waals surface area contributed by atoms with Gasteiger partial charge in [-0.25, -0.2) is 4.39 Å². The number of carbonyl (C=O) groups excluding carboxylic acids is 1. The lowest BCUT2D eigenvalue weighted by Crippen LogP contribution is -2.15. The molecule has 6 nitrogen and oxygen atoms in total. The summed E-state index contributed by atoms with van der Waals surface area (Å²) in [7, 11) is 1.60. The maximum atomic E-state index is 13.6. The van der Waals surface area contributed by atoms with Crippen molar-refractivity contribution in [3.05, 3.63) is 66.5 Å². The second-order valence-corrected chi connectivity index (χ2v) is 7.18. The van der Waals surface area contributed by atoms with Crippen LogP contribution in [0.4, 0.5) is 10.1 Å². The first-order chi connectivity index (χ1) is 14.0. The number of hydrogen-bond donors (Lipinski definition) is 1. The number of rotatable bonds is 8. The molecule has 150 valence electrons. The van der Waals surface area contributed by atoms with Crippen LogP contribution in [0.3, 0.4) is 0 Å². The van der Waals surface area contributed by atoms with E-state index in [1.54, 1.807) is 32.2 Å². The Kier molecular flexibility index (Phi) is 6.66. The van der Waals surface area contributed by atoms with Gasteiger partial charge in [-0.3, -0.25) is 9.36 Å². The average Bonchev–Trinajstić information content (AvgIpc) is 3.12. The number of halogens is 1. The van der Waals surface area contributed by atoms with Crippen LogP contribution in [0.5, 0.6) is 5.75 Å². The number of allylic oxidation sites excluding steroid dienone is 1. The maximum absolute atomic E-state index is 13.6. The lowest BCUT2D eigenvalue weighted by atomic mass is 10.2. The summed E-state index contributed by atoms with van der Waals surface area (Å²) in [6.07, 6.45) is 1.74. The number of benzene rings is 2. The molecule has 0 fully saturated rings. The highest BCUT2D eigenvalue weighted by Crippen LogP contribution is 2.26. The molecule has 1 N–H and O–H groups in total. The molecule has 0 aliphatic rings. The minimum absolute atomic E-state index is 0.114. The number of nitrogens with one attached hydrogen (secondary N) is 1. The quantitative estimate of drug-likeness (QED) is 0.441. The van der Waals surface area contributed by atoms with Crippen molar-refractivity contribution in [2.24, 2.45) is 0 Å². The fraction of sp³-hybridized carbons (Fsp3) is 0.190. The van der Waals surface area contributed by atoms with Gasteiger partial charge in [-0.1, -0.05) is 36.0 Å². The molecule has 1 heterocycles. The fourth-order valence-electron chi connectivity index (χ4n) is 2.66. The van der Waals surface area contributed by atoms with Crippen molar-refractivity contribution in [1.29, 1.82) is 0 Å². The van der Waals surface area contributed by atoms with Gasteiger partial charge in [0.1, 0.15) is 11.6 Å². The third kappa shape index (κ3) is 5.03. The molecule has 0 atom stereocenters. The molecular formula is C21H21FN4O2S. The van der Waals surface area contributed by atoms with Crippen molar-refractivity contribution in [2.75, 3.05) is 18.2 Å². The van der Waals surface area contributed by atoms with Crippen molar-refractivity contribution >= 4 is 23.4 Å². The van der Waals surface area contributed by atoms with E-state index in [1.165, 1.54) is 17.8 Å². The number of hydrogen-bond acceptors (Lipinski definition) is 5. The molecular weight excluding hydrogens is 391 g/mol. The topological polar surface area (TPSA) is 69.0 Å². The highest BCUT2D eigenvalue weighted by molar-refractivity contribution is 7.99. The van der Waals surface area contributed by atoms with Crippen LogP contribution in [-0.2, 0) is 11.3 Å². The third-order valence-corrected chi connectivity index (χ3v) is 5.11. The normalized spacial score (nSPS) is 10.6. The van der Waals surface area contributed by atoms with Gasteiger partial charge in [0.2, 0.25) is 5.91 Å². The summed E-state index contributed by atoms with van der Waals surface area (Å²) < 4.78 is 20.8. The number of ether oxygens (including phenoxy) is 1. The summed E-state index contributed by atoms with van der Waals surface area (Å²) >= 11 is 1.25. The Bertz CT molecular complexity index is 1040. The van der Waals surface area contributed by atoms with Gasteiger partial charge in [0.15, 0.2) is 11.0 Å². The van der Waals surface area contributed by atoms with Crippen molar-refractivity contribution < 1.29 is 13.9 Å². The van der Waals surface area contributed by atoms with Gasteiger partial charge in [0.05, 0.1) is 12.9 Å². The van der Waals surface area contributed by atoms with Crippen LogP contribution in [0.2, 0.25) is 0 Å². The Balaban J connectivity index is 1.73. The van der Waals surface area contributed by atoms with Crippen molar-refractivity contribution in [3.63, 3.8) is 0 Å². The van der Waals surface area contributed by atoms with E-state index >= 15 is 0 Å². The Hall–Kier alpha value is -3.13. The van der Waals surface area contributed by atoms with Crippen LogP contribution in [0, 0.1) is 12.7 Å². The number of anilines is 1. The standard InChI is InChI=1S/C21H21FN4O2S/c1-4-10-26-20(15-6-5-7-17(11-15)28-3)24-25-21(26)29-13-19(27)23-16-9-8-14(2)18(22)12-16/h4-9,11-12H,1,10,13H2,2-3H3,(H,23,27). The van der Waals surface area contributed by atoms with Gasteiger partial charge in [0, 0.05) is 17.8 Å². The van der Waals surface area contributed by atoms with Gasteiger partial charge in [-0.05, 0) is 36.8 Å². The highest BCUT2D eigenvalue weighted by atomic mass is 32.2. The van der Waals surface area contributed by atoms with E-state index < -0.39 is 0 Å². The summed E-state index contributed by atoms with van der Waals surface area (Å²) in [6.45, 7) is 5.95. The van der Waals surface area contributed by atoms with Gasteiger partial charge in [-0.15, -0.1) is 16.8 Å². The smallest absolute Gasteiger partial charge is 0.234 e. The van der Waals surface area contributed by atoms with Gasteiger partial charge < -0.3 is 10.1 Å². The summed E-state index contributed by atoms with van der Waals surface area (Å²) in [5, 5.41) is 11.8. The molecule has 29 heavy (non-hydrogen) atoms. The molecule has 1 amide bonds. The van der Waals surface area contributed by atoms with E-state index in [0.717, 1.165) is 11.3 Å². The number of carbonyl (C=O) groups is 1. The Labute approximate surface area is 172 Å². The first-order valence-electron chi connectivity index (χ1n) is 8.89. The van der Waals surface area contributed by atoms with E-state index in [9.17, 15) is 9.18 Å². The lowest BCUT2D eigenvalue weighted by Gasteiger charge is -2.09. The van der Waals surface area contributed by atoms with Gasteiger partial charge in [-0.2, -0.15) is 0 Å². The minimum Gasteiger partial charge on any atom is -0.497 e. The average molecular weight is 412 g/mol. The fourth-order valence-corrected chi connectivity index (χ4v) is 3.41. The predicted molar refractivity (Wildman–Crippen MR) is 113 cm³/mol. The van der Waals surface area contributed by atoms with E-state index in [1.807, 2.05) is 28.8 Å². The molecule has 3 rings (SSSR count). The summed E-state index contributed by atoms with van der Waals surface area (Å²) in [5.41, 5.74) is 1.80. The van der Waals surface area contributed by atoms with Crippen LogP contribution in [-0.4, -0.2) is 33.5 Å². The first kappa shape index (κ1) is 20.6.